The largest absolute Gasteiger partial charge is 0.495 e. The van der Waals surface area contributed by atoms with Crippen LogP contribution >= 0.6 is 0 Å². The molecule has 176 valence electrons. The highest BCUT2D eigenvalue weighted by Crippen LogP contribution is 2.29. The Hall–Kier alpha value is -3.71. The molecular weight excluding hydrogens is 456 g/mol. The Morgan fingerprint density at radius 3 is 2.52 bits per heavy atom. The number of carbonyl (C=O) groups excluding carboxylic acids is 1. The minimum Gasteiger partial charge on any atom is -0.495 e. The van der Waals surface area contributed by atoms with E-state index in [-0.39, 0.29) is 46.2 Å². The van der Waals surface area contributed by atoms with Gasteiger partial charge in [0.05, 0.1) is 34.2 Å². The number of hydrogen-bond acceptors (Lipinski definition) is 8. The number of ether oxygens (including phenoxy) is 1. The third kappa shape index (κ3) is 4.73. The Bertz CT molecular complexity index is 1370. The predicted octanol–water partition coefficient (Wildman–Crippen LogP) is 2.18. The van der Waals surface area contributed by atoms with Crippen molar-refractivity contribution < 1.29 is 27.3 Å². The van der Waals surface area contributed by atoms with Crippen molar-refractivity contribution in [3.05, 3.63) is 57.1 Å². The van der Waals surface area contributed by atoms with Gasteiger partial charge in [-0.2, -0.15) is 4.31 Å². The van der Waals surface area contributed by atoms with E-state index >= 15 is 0 Å². The number of nitro groups is 1. The molecule has 0 bridgehead atoms. The van der Waals surface area contributed by atoms with Crippen molar-refractivity contribution in [2.24, 2.45) is 0 Å². The number of nitrogens with one attached hydrogen (secondary N) is 1. The Morgan fingerprint density at radius 2 is 1.91 bits per heavy atom. The van der Waals surface area contributed by atoms with Crippen molar-refractivity contribution in [2.45, 2.75) is 25.3 Å². The molecule has 12 nitrogen and oxygen atoms in total. The second-order valence-corrected chi connectivity index (χ2v) is 8.80. The van der Waals surface area contributed by atoms with Crippen LogP contribution in [0.1, 0.15) is 13.8 Å². The van der Waals surface area contributed by atoms with E-state index in [1.54, 1.807) is 13.8 Å². The highest BCUT2D eigenvalue weighted by atomic mass is 32.2. The van der Waals surface area contributed by atoms with Gasteiger partial charge in [0.2, 0.25) is 15.9 Å². The topological polar surface area (TPSA) is 154 Å². The Morgan fingerprint density at radius 1 is 1.21 bits per heavy atom. The zero-order valence-corrected chi connectivity index (χ0v) is 18.9. The predicted molar refractivity (Wildman–Crippen MR) is 119 cm³/mol. The van der Waals surface area contributed by atoms with Gasteiger partial charge in [-0.3, -0.25) is 19.5 Å². The fourth-order valence-electron chi connectivity index (χ4n) is 3.31. The van der Waals surface area contributed by atoms with Gasteiger partial charge in [-0.1, -0.05) is 13.8 Å². The van der Waals surface area contributed by atoms with E-state index in [1.165, 1.54) is 41.7 Å². The molecule has 2 aromatic carbocycles. The first-order chi connectivity index (χ1) is 15.6. The van der Waals surface area contributed by atoms with Crippen LogP contribution in [-0.4, -0.2) is 48.3 Å². The number of carbonyl (C=O) groups is 1. The van der Waals surface area contributed by atoms with Crippen LogP contribution in [0.15, 0.2) is 50.5 Å². The number of methoxy groups -OCH3 is 1. The standard InChI is InChI=1S/C20H22N4O8S/c1-4-22(5-2)33(29,30)14-7-9-17(31-3)15(11-14)21-19(25)12-23-16-8-6-13(24(27)28)10-18(16)32-20(23)26/h6-11H,4-5,12H2,1-3H3,(H,21,25). The Kier molecular flexibility index (Phi) is 6.84. The van der Waals surface area contributed by atoms with Crippen molar-refractivity contribution in [1.29, 1.82) is 0 Å². The Labute approximate surface area is 188 Å². The molecule has 0 aliphatic heterocycles. The summed E-state index contributed by atoms with van der Waals surface area (Å²) < 4.78 is 38.2. The molecule has 0 aliphatic rings. The van der Waals surface area contributed by atoms with Gasteiger partial charge in [-0.25, -0.2) is 13.2 Å². The molecule has 13 heteroatoms. The lowest BCUT2D eigenvalue weighted by Gasteiger charge is -2.19. The van der Waals surface area contributed by atoms with E-state index in [9.17, 15) is 28.1 Å². The molecule has 1 aromatic heterocycles. The number of benzene rings is 2. The second kappa shape index (κ2) is 9.42. The number of nitro benzene ring substituents is 1. The third-order valence-electron chi connectivity index (χ3n) is 4.95. The summed E-state index contributed by atoms with van der Waals surface area (Å²) in [4.78, 5) is 35.1. The molecule has 0 unspecified atom stereocenters. The van der Waals surface area contributed by atoms with Crippen LogP contribution in [0, 0.1) is 10.1 Å². The number of aromatic nitrogens is 1. The van der Waals surface area contributed by atoms with E-state index in [0.717, 1.165) is 10.6 Å². The van der Waals surface area contributed by atoms with Gasteiger partial charge in [-0.05, 0) is 24.3 Å². The molecular formula is C20H22N4O8S. The highest BCUT2D eigenvalue weighted by molar-refractivity contribution is 7.89. The molecule has 0 atom stereocenters. The van der Waals surface area contributed by atoms with E-state index in [1.807, 2.05) is 0 Å². The fourth-order valence-corrected chi connectivity index (χ4v) is 4.79. The maximum absolute atomic E-state index is 12.8. The minimum absolute atomic E-state index is 0.0273. The van der Waals surface area contributed by atoms with Gasteiger partial charge in [-0.15, -0.1) is 0 Å². The molecule has 0 fully saturated rings. The number of oxazole rings is 1. The summed E-state index contributed by atoms with van der Waals surface area (Å²) in [5.74, 6) is -1.30. The quantitative estimate of drug-likeness (QED) is 0.363. The van der Waals surface area contributed by atoms with Crippen molar-refractivity contribution in [3.8, 4) is 5.75 Å². The average molecular weight is 478 g/mol. The van der Waals surface area contributed by atoms with E-state index in [0.29, 0.717) is 0 Å². The fraction of sp³-hybridized carbons (Fsp3) is 0.300. The van der Waals surface area contributed by atoms with Crippen molar-refractivity contribution >= 4 is 38.4 Å². The minimum atomic E-state index is -3.78. The van der Waals surface area contributed by atoms with Crippen LogP contribution in [-0.2, 0) is 21.4 Å². The number of amides is 1. The van der Waals surface area contributed by atoms with Crippen LogP contribution in [0.25, 0.3) is 11.1 Å². The maximum atomic E-state index is 12.8. The molecule has 0 saturated carbocycles. The van der Waals surface area contributed by atoms with E-state index in [2.05, 4.69) is 5.32 Å². The zero-order valence-electron chi connectivity index (χ0n) is 18.1. The maximum Gasteiger partial charge on any atom is 0.420 e. The molecule has 0 aliphatic carbocycles. The summed E-state index contributed by atoms with van der Waals surface area (Å²) in [6.45, 7) is 3.52. The molecule has 0 saturated heterocycles. The Balaban J connectivity index is 1.91. The van der Waals surface area contributed by atoms with Gasteiger partial charge < -0.3 is 14.5 Å². The van der Waals surface area contributed by atoms with Crippen LogP contribution in [0.4, 0.5) is 11.4 Å². The lowest BCUT2D eigenvalue weighted by atomic mass is 10.2. The van der Waals surface area contributed by atoms with Crippen molar-refractivity contribution in [2.75, 3.05) is 25.5 Å². The van der Waals surface area contributed by atoms with Crippen LogP contribution in [0.5, 0.6) is 5.75 Å². The smallest absolute Gasteiger partial charge is 0.420 e. The first-order valence-electron chi connectivity index (χ1n) is 9.88. The lowest BCUT2D eigenvalue weighted by molar-refractivity contribution is -0.384. The van der Waals surface area contributed by atoms with E-state index in [4.69, 9.17) is 9.15 Å². The van der Waals surface area contributed by atoms with Crippen molar-refractivity contribution in [1.82, 2.24) is 8.87 Å². The number of rotatable bonds is 9. The molecule has 1 N–H and O–H groups in total. The summed E-state index contributed by atoms with van der Waals surface area (Å²) in [6, 6.07) is 7.67. The molecule has 3 aromatic rings. The van der Waals surface area contributed by atoms with Gasteiger partial charge in [0.25, 0.3) is 5.69 Å². The molecule has 0 spiro atoms. The highest BCUT2D eigenvalue weighted by Gasteiger charge is 2.24. The first kappa shape index (κ1) is 23.9. The van der Waals surface area contributed by atoms with Crippen LogP contribution in [0.3, 0.4) is 0 Å². The molecule has 3 rings (SSSR count). The molecule has 33 heavy (non-hydrogen) atoms. The van der Waals surface area contributed by atoms with Crippen LogP contribution < -0.4 is 15.8 Å². The first-order valence-corrected chi connectivity index (χ1v) is 11.3. The monoisotopic (exact) mass is 478 g/mol. The molecule has 1 heterocycles. The molecule has 0 radical (unpaired) electrons. The molecule has 1 amide bonds. The lowest BCUT2D eigenvalue weighted by Crippen LogP contribution is -2.30. The SMILES string of the molecule is CCN(CC)S(=O)(=O)c1ccc(OC)c(NC(=O)Cn2c(=O)oc3cc([N+](=O)[O-])ccc32)c1. The normalized spacial score (nSPS) is 11.6. The van der Waals surface area contributed by atoms with Crippen LogP contribution in [0.2, 0.25) is 0 Å². The third-order valence-corrected chi connectivity index (χ3v) is 7.00. The zero-order chi connectivity index (χ0) is 24.3. The number of fused-ring (bicyclic) bond motifs is 1. The average Bonchev–Trinajstić information content (AvgIpc) is 3.08. The summed E-state index contributed by atoms with van der Waals surface area (Å²) in [6.07, 6.45) is 0. The number of sulfonamides is 1. The van der Waals surface area contributed by atoms with Crippen molar-refractivity contribution in [3.63, 3.8) is 0 Å². The number of anilines is 1. The summed E-state index contributed by atoms with van der Waals surface area (Å²) in [7, 11) is -2.41. The van der Waals surface area contributed by atoms with E-state index < -0.39 is 33.2 Å². The van der Waals surface area contributed by atoms with Gasteiger partial charge in [0.15, 0.2) is 5.58 Å². The van der Waals surface area contributed by atoms with Gasteiger partial charge >= 0.3 is 5.76 Å². The second-order valence-electron chi connectivity index (χ2n) is 6.86. The van der Waals surface area contributed by atoms with Gasteiger partial charge in [0, 0.05) is 19.2 Å². The number of hydrogen-bond donors (Lipinski definition) is 1. The number of non-ortho nitro benzene ring substituents is 1. The number of nitrogens with zero attached hydrogens (tertiary/aromatic N) is 3. The summed E-state index contributed by atoms with van der Waals surface area (Å²) in [5, 5.41) is 13.5. The van der Waals surface area contributed by atoms with Gasteiger partial charge in [0.1, 0.15) is 12.3 Å². The summed E-state index contributed by atoms with van der Waals surface area (Å²) >= 11 is 0. The summed E-state index contributed by atoms with van der Waals surface area (Å²) in [5.41, 5.74) is 0.00787.